The van der Waals surface area contributed by atoms with E-state index >= 15 is 0 Å². The Kier molecular flexibility index (Phi) is 1.66. The maximum absolute atomic E-state index is 5.46. The van der Waals surface area contributed by atoms with Crippen LogP contribution >= 0.6 is 0 Å². The van der Waals surface area contributed by atoms with E-state index < -0.39 is 0 Å². The van der Waals surface area contributed by atoms with E-state index in [1.54, 1.807) is 0 Å². The SMILES string of the molecule is C1=CC=C2CCCOC2=CC=1. The van der Waals surface area contributed by atoms with E-state index in [0.29, 0.717) is 0 Å². The highest BCUT2D eigenvalue weighted by atomic mass is 16.5. The molecule has 1 saturated heterocycles. The Bertz CT molecular complexity index is 249. The van der Waals surface area contributed by atoms with Gasteiger partial charge in [-0.15, -0.1) is 5.73 Å². The molecule has 0 aromatic rings. The zero-order chi connectivity index (χ0) is 7.52. The molecular weight excluding hydrogens is 136 g/mol. The molecule has 0 bridgehead atoms. The van der Waals surface area contributed by atoms with Crippen molar-refractivity contribution in [2.45, 2.75) is 12.8 Å². The summed E-state index contributed by atoms with van der Waals surface area (Å²) in [5.74, 6) is 1.03. The summed E-state index contributed by atoms with van der Waals surface area (Å²) in [6.07, 6.45) is 10.2. The Morgan fingerprint density at radius 2 is 2.18 bits per heavy atom. The average molecular weight is 146 g/mol. The topological polar surface area (TPSA) is 9.23 Å². The predicted octanol–water partition coefficient (Wildman–Crippen LogP) is 2.33. The summed E-state index contributed by atoms with van der Waals surface area (Å²) in [5.41, 5.74) is 4.32. The lowest BCUT2D eigenvalue weighted by atomic mass is 10.1. The van der Waals surface area contributed by atoms with Gasteiger partial charge in [0.25, 0.3) is 0 Å². The number of allylic oxidation sites excluding steroid dienone is 4. The summed E-state index contributed by atoms with van der Waals surface area (Å²) in [6, 6.07) is 0. The second-order valence-electron chi connectivity index (χ2n) is 2.67. The molecule has 2 rings (SSSR count). The Hall–Kier alpha value is -1.20. The van der Waals surface area contributed by atoms with E-state index in [4.69, 9.17) is 4.74 Å². The third-order valence-corrected chi connectivity index (χ3v) is 1.88. The van der Waals surface area contributed by atoms with Crippen LogP contribution in [0.4, 0.5) is 0 Å². The molecular formula is C10H10O. The quantitative estimate of drug-likeness (QED) is 0.476. The minimum Gasteiger partial charge on any atom is -0.493 e. The minimum absolute atomic E-state index is 0.858. The molecule has 2 aliphatic rings. The van der Waals surface area contributed by atoms with Gasteiger partial charge in [0.2, 0.25) is 0 Å². The van der Waals surface area contributed by atoms with Gasteiger partial charge in [-0.1, -0.05) is 0 Å². The molecule has 0 saturated carbocycles. The van der Waals surface area contributed by atoms with Crippen LogP contribution in [0.15, 0.2) is 41.4 Å². The van der Waals surface area contributed by atoms with Crippen LogP contribution in [0.2, 0.25) is 0 Å². The van der Waals surface area contributed by atoms with Gasteiger partial charge < -0.3 is 4.74 Å². The molecule has 1 fully saturated rings. The van der Waals surface area contributed by atoms with Crippen molar-refractivity contribution in [3.8, 4) is 0 Å². The second-order valence-corrected chi connectivity index (χ2v) is 2.67. The first-order valence-corrected chi connectivity index (χ1v) is 3.92. The molecule has 1 heteroatoms. The summed E-state index contributed by atoms with van der Waals surface area (Å²) in [7, 11) is 0. The van der Waals surface area contributed by atoms with E-state index in [1.807, 2.05) is 18.2 Å². The minimum atomic E-state index is 0.858. The van der Waals surface area contributed by atoms with Crippen molar-refractivity contribution in [2.75, 3.05) is 6.61 Å². The van der Waals surface area contributed by atoms with Gasteiger partial charge >= 0.3 is 0 Å². The molecule has 0 amide bonds. The zero-order valence-electron chi connectivity index (χ0n) is 6.34. The molecule has 0 atom stereocenters. The van der Waals surface area contributed by atoms with Crippen LogP contribution in [-0.2, 0) is 4.74 Å². The number of hydrogen-bond donors (Lipinski definition) is 0. The normalized spacial score (nSPS) is 21.1. The van der Waals surface area contributed by atoms with E-state index in [1.165, 1.54) is 5.57 Å². The molecule has 0 radical (unpaired) electrons. The lowest BCUT2D eigenvalue weighted by molar-refractivity contribution is 0.194. The van der Waals surface area contributed by atoms with Crippen molar-refractivity contribution in [3.63, 3.8) is 0 Å². The summed E-state index contributed by atoms with van der Waals surface area (Å²) < 4.78 is 5.46. The van der Waals surface area contributed by atoms with Crippen molar-refractivity contribution in [3.05, 3.63) is 41.4 Å². The van der Waals surface area contributed by atoms with Crippen LogP contribution in [0.25, 0.3) is 0 Å². The van der Waals surface area contributed by atoms with Crippen molar-refractivity contribution in [1.29, 1.82) is 0 Å². The van der Waals surface area contributed by atoms with Crippen molar-refractivity contribution < 1.29 is 4.74 Å². The summed E-state index contributed by atoms with van der Waals surface area (Å²) >= 11 is 0. The molecule has 1 heterocycles. The highest BCUT2D eigenvalue weighted by molar-refractivity contribution is 5.35. The maximum atomic E-state index is 5.46. The van der Waals surface area contributed by atoms with Crippen LogP contribution < -0.4 is 0 Å². The first-order chi connectivity index (χ1) is 5.47. The fourth-order valence-corrected chi connectivity index (χ4v) is 1.31. The van der Waals surface area contributed by atoms with Gasteiger partial charge in [0.1, 0.15) is 5.76 Å². The molecule has 0 unspecified atom stereocenters. The van der Waals surface area contributed by atoms with Gasteiger partial charge in [0, 0.05) is 0 Å². The Morgan fingerprint density at radius 3 is 3.18 bits per heavy atom. The number of hydrogen-bond acceptors (Lipinski definition) is 1. The van der Waals surface area contributed by atoms with Crippen LogP contribution in [-0.4, -0.2) is 6.61 Å². The van der Waals surface area contributed by atoms with Gasteiger partial charge in [-0.2, -0.15) is 0 Å². The van der Waals surface area contributed by atoms with Gasteiger partial charge in [0.15, 0.2) is 0 Å². The third kappa shape index (κ3) is 1.28. The van der Waals surface area contributed by atoms with E-state index in [2.05, 4.69) is 11.8 Å². The lowest BCUT2D eigenvalue weighted by Crippen LogP contribution is -2.05. The summed E-state index contributed by atoms with van der Waals surface area (Å²) in [6.45, 7) is 0.858. The van der Waals surface area contributed by atoms with Crippen LogP contribution in [0.1, 0.15) is 12.8 Å². The van der Waals surface area contributed by atoms with E-state index in [0.717, 1.165) is 25.2 Å². The Balaban J connectivity index is 2.33. The predicted molar refractivity (Wildman–Crippen MR) is 44.0 cm³/mol. The van der Waals surface area contributed by atoms with E-state index in [9.17, 15) is 0 Å². The van der Waals surface area contributed by atoms with Crippen molar-refractivity contribution in [2.24, 2.45) is 0 Å². The van der Waals surface area contributed by atoms with Gasteiger partial charge in [-0.3, -0.25) is 0 Å². The molecule has 56 valence electrons. The molecule has 11 heavy (non-hydrogen) atoms. The van der Waals surface area contributed by atoms with E-state index in [-0.39, 0.29) is 0 Å². The van der Waals surface area contributed by atoms with Crippen molar-refractivity contribution in [1.82, 2.24) is 0 Å². The Labute approximate surface area is 66.4 Å². The van der Waals surface area contributed by atoms with Crippen LogP contribution in [0, 0.1) is 0 Å². The molecule has 0 aromatic carbocycles. The number of ether oxygens (including phenoxy) is 1. The molecule has 1 aliphatic carbocycles. The standard InChI is InChI=1S/C10H10O/c1-2-5-9-6-4-8-11-10(9)7-3-1/h2-3,5,7H,4,6,8H2. The van der Waals surface area contributed by atoms with Gasteiger partial charge in [-0.25, -0.2) is 0 Å². The van der Waals surface area contributed by atoms with Gasteiger partial charge in [0.05, 0.1) is 6.61 Å². The summed E-state index contributed by atoms with van der Waals surface area (Å²) in [5, 5.41) is 0. The third-order valence-electron chi connectivity index (χ3n) is 1.88. The lowest BCUT2D eigenvalue weighted by Gasteiger charge is -2.18. The van der Waals surface area contributed by atoms with Crippen molar-refractivity contribution >= 4 is 0 Å². The number of rotatable bonds is 0. The first kappa shape index (κ1) is 6.51. The molecule has 0 N–H and O–H groups in total. The monoisotopic (exact) mass is 146 g/mol. The maximum Gasteiger partial charge on any atom is 0.123 e. The molecule has 1 nitrogen and oxygen atoms in total. The second kappa shape index (κ2) is 2.81. The van der Waals surface area contributed by atoms with Gasteiger partial charge in [-0.05, 0) is 42.7 Å². The highest BCUT2D eigenvalue weighted by Gasteiger charge is 2.11. The molecule has 0 aromatic heterocycles. The fourth-order valence-electron chi connectivity index (χ4n) is 1.31. The average Bonchev–Trinajstić information content (AvgIpc) is 2.28. The molecule has 0 spiro atoms. The highest BCUT2D eigenvalue weighted by Crippen LogP contribution is 2.23. The Morgan fingerprint density at radius 1 is 1.27 bits per heavy atom. The summed E-state index contributed by atoms with van der Waals surface area (Å²) in [4.78, 5) is 0. The molecule has 1 aliphatic heterocycles. The zero-order valence-corrected chi connectivity index (χ0v) is 6.34. The smallest absolute Gasteiger partial charge is 0.123 e. The first-order valence-electron chi connectivity index (χ1n) is 3.92. The van der Waals surface area contributed by atoms with Crippen LogP contribution in [0.5, 0.6) is 0 Å². The number of fused-ring (bicyclic) bond motifs is 1. The van der Waals surface area contributed by atoms with Crippen LogP contribution in [0.3, 0.4) is 0 Å². The fraction of sp³-hybridized carbons (Fsp3) is 0.300. The largest absolute Gasteiger partial charge is 0.493 e.